The Morgan fingerprint density at radius 3 is 2.00 bits per heavy atom. The molecule has 1 aromatic carbocycles. The molecule has 0 aliphatic heterocycles. The molecule has 0 aromatic heterocycles. The van der Waals surface area contributed by atoms with E-state index in [1.807, 2.05) is 0 Å². The van der Waals surface area contributed by atoms with Crippen LogP contribution in [0.3, 0.4) is 0 Å². The Hall–Kier alpha value is -0.150. The monoisotopic (exact) mass is 336 g/mol. The Balaban J connectivity index is 2.37. The second-order valence-corrected chi connectivity index (χ2v) is 7.50. The molecule has 1 aliphatic rings. The fourth-order valence-electron chi connectivity index (χ4n) is 2.91. The SMILES string of the molecule is CC1(C)C(C(Br)c2cc(F)c(F)cc2Cl)C1(C)C. The van der Waals surface area contributed by atoms with Gasteiger partial charge in [-0.15, -0.1) is 0 Å². The van der Waals surface area contributed by atoms with E-state index in [-0.39, 0.29) is 20.7 Å². The molecule has 0 saturated heterocycles. The molecule has 1 atom stereocenters. The van der Waals surface area contributed by atoms with Gasteiger partial charge in [-0.05, 0) is 34.4 Å². The molecular weight excluding hydrogens is 322 g/mol. The molecule has 1 unspecified atom stereocenters. The highest BCUT2D eigenvalue weighted by Gasteiger charge is 2.67. The van der Waals surface area contributed by atoms with Crippen LogP contribution in [-0.2, 0) is 0 Å². The quantitative estimate of drug-likeness (QED) is 0.477. The Kier molecular flexibility index (Phi) is 3.31. The highest BCUT2D eigenvalue weighted by Crippen LogP contribution is 2.74. The zero-order chi connectivity index (χ0) is 13.9. The molecule has 0 heterocycles. The van der Waals surface area contributed by atoms with Crippen LogP contribution >= 0.6 is 27.5 Å². The van der Waals surface area contributed by atoms with Gasteiger partial charge in [-0.1, -0.05) is 55.2 Å². The van der Waals surface area contributed by atoms with Gasteiger partial charge in [0.1, 0.15) is 0 Å². The molecule has 100 valence electrons. The highest BCUT2D eigenvalue weighted by molar-refractivity contribution is 9.09. The number of hydrogen-bond donors (Lipinski definition) is 0. The second kappa shape index (κ2) is 4.17. The van der Waals surface area contributed by atoms with Crippen molar-refractivity contribution in [2.24, 2.45) is 16.7 Å². The number of rotatable bonds is 2. The van der Waals surface area contributed by atoms with Crippen molar-refractivity contribution in [2.75, 3.05) is 0 Å². The second-order valence-electron chi connectivity index (χ2n) is 6.11. The zero-order valence-electron chi connectivity index (χ0n) is 10.8. The lowest BCUT2D eigenvalue weighted by Crippen LogP contribution is -2.02. The first-order valence-electron chi connectivity index (χ1n) is 5.89. The standard InChI is InChI=1S/C14H16BrClF2/c1-13(2)12(14(13,3)4)11(15)7-5-9(17)10(18)6-8(7)16/h5-6,11-12H,1-4H3. The summed E-state index contributed by atoms with van der Waals surface area (Å²) in [6, 6.07) is 2.24. The first-order chi connectivity index (χ1) is 8.10. The van der Waals surface area contributed by atoms with Gasteiger partial charge in [-0.2, -0.15) is 0 Å². The average Bonchev–Trinajstić information content (AvgIpc) is 2.62. The minimum Gasteiger partial charge on any atom is -0.204 e. The van der Waals surface area contributed by atoms with Crippen molar-refractivity contribution in [3.05, 3.63) is 34.4 Å². The van der Waals surface area contributed by atoms with E-state index in [9.17, 15) is 8.78 Å². The van der Waals surface area contributed by atoms with E-state index in [1.54, 1.807) is 0 Å². The number of benzene rings is 1. The van der Waals surface area contributed by atoms with Gasteiger partial charge in [-0.3, -0.25) is 0 Å². The van der Waals surface area contributed by atoms with E-state index >= 15 is 0 Å². The van der Waals surface area contributed by atoms with Crippen molar-refractivity contribution in [2.45, 2.75) is 32.5 Å². The van der Waals surface area contributed by atoms with Gasteiger partial charge >= 0.3 is 0 Å². The first-order valence-corrected chi connectivity index (χ1v) is 7.18. The van der Waals surface area contributed by atoms with Crippen LogP contribution in [0.4, 0.5) is 8.78 Å². The van der Waals surface area contributed by atoms with Crippen LogP contribution in [0, 0.1) is 28.4 Å². The van der Waals surface area contributed by atoms with Gasteiger partial charge in [0.05, 0.1) is 0 Å². The van der Waals surface area contributed by atoms with Crippen molar-refractivity contribution in [3.8, 4) is 0 Å². The molecule has 0 N–H and O–H groups in total. The van der Waals surface area contributed by atoms with Gasteiger partial charge in [0.25, 0.3) is 0 Å². The molecule has 1 aromatic rings. The molecule has 0 spiro atoms. The maximum absolute atomic E-state index is 13.3. The molecule has 2 rings (SSSR count). The van der Waals surface area contributed by atoms with Crippen molar-refractivity contribution in [1.82, 2.24) is 0 Å². The van der Waals surface area contributed by atoms with Crippen LogP contribution in [0.15, 0.2) is 12.1 Å². The summed E-state index contributed by atoms with van der Waals surface area (Å²) in [7, 11) is 0. The lowest BCUT2D eigenvalue weighted by molar-refractivity contribution is 0.457. The predicted octanol–water partition coefficient (Wildman–Crippen LogP) is 5.74. The van der Waals surface area contributed by atoms with Crippen LogP contribution in [0.1, 0.15) is 38.1 Å². The molecular formula is C14H16BrClF2. The van der Waals surface area contributed by atoms with Crippen LogP contribution in [0.25, 0.3) is 0 Å². The zero-order valence-corrected chi connectivity index (χ0v) is 13.2. The van der Waals surface area contributed by atoms with E-state index in [1.165, 1.54) is 6.07 Å². The number of alkyl halides is 1. The van der Waals surface area contributed by atoms with Crippen molar-refractivity contribution < 1.29 is 8.78 Å². The average molecular weight is 338 g/mol. The van der Waals surface area contributed by atoms with Crippen LogP contribution in [0.5, 0.6) is 0 Å². The van der Waals surface area contributed by atoms with Crippen LogP contribution in [0.2, 0.25) is 5.02 Å². The van der Waals surface area contributed by atoms with Gasteiger partial charge in [0.15, 0.2) is 11.6 Å². The molecule has 0 nitrogen and oxygen atoms in total. The Labute approximate surface area is 120 Å². The largest absolute Gasteiger partial charge is 0.204 e. The predicted molar refractivity (Wildman–Crippen MR) is 74.1 cm³/mol. The van der Waals surface area contributed by atoms with Crippen LogP contribution in [-0.4, -0.2) is 0 Å². The smallest absolute Gasteiger partial charge is 0.160 e. The number of hydrogen-bond acceptors (Lipinski definition) is 0. The lowest BCUT2D eigenvalue weighted by atomic mass is 10.0. The van der Waals surface area contributed by atoms with E-state index in [0.29, 0.717) is 11.5 Å². The highest BCUT2D eigenvalue weighted by atomic mass is 79.9. The Morgan fingerprint density at radius 2 is 1.56 bits per heavy atom. The van der Waals surface area contributed by atoms with Gasteiger partial charge in [0.2, 0.25) is 0 Å². The molecule has 0 bridgehead atoms. The summed E-state index contributed by atoms with van der Waals surface area (Å²) in [5.74, 6) is -1.42. The molecule has 4 heteroatoms. The summed E-state index contributed by atoms with van der Waals surface area (Å²) in [5, 5.41) is 0.272. The molecule has 18 heavy (non-hydrogen) atoms. The van der Waals surface area contributed by atoms with E-state index in [4.69, 9.17) is 11.6 Å². The summed E-state index contributed by atoms with van der Waals surface area (Å²) in [6.45, 7) is 8.72. The maximum atomic E-state index is 13.3. The summed E-state index contributed by atoms with van der Waals surface area (Å²) >= 11 is 9.62. The molecule has 1 saturated carbocycles. The molecule has 1 fully saturated rings. The third-order valence-electron chi connectivity index (χ3n) is 4.76. The fraction of sp³-hybridized carbons (Fsp3) is 0.571. The first kappa shape index (κ1) is 14.3. The third-order valence-corrected chi connectivity index (χ3v) is 6.11. The Bertz CT molecular complexity index is 483. The normalized spacial score (nSPS) is 22.9. The van der Waals surface area contributed by atoms with Crippen LogP contribution < -0.4 is 0 Å². The lowest BCUT2D eigenvalue weighted by Gasteiger charge is -2.14. The summed E-state index contributed by atoms with van der Waals surface area (Å²) in [5.41, 5.74) is 0.921. The van der Waals surface area contributed by atoms with Gasteiger partial charge in [0, 0.05) is 9.85 Å². The number of halogens is 4. The van der Waals surface area contributed by atoms with Crippen molar-refractivity contribution in [3.63, 3.8) is 0 Å². The molecule has 0 amide bonds. The van der Waals surface area contributed by atoms with Gasteiger partial charge in [-0.25, -0.2) is 8.78 Å². The summed E-state index contributed by atoms with van der Waals surface area (Å²) < 4.78 is 26.4. The minimum atomic E-state index is -0.905. The topological polar surface area (TPSA) is 0 Å². The third kappa shape index (κ3) is 1.90. The van der Waals surface area contributed by atoms with E-state index < -0.39 is 11.6 Å². The van der Waals surface area contributed by atoms with Gasteiger partial charge < -0.3 is 0 Å². The van der Waals surface area contributed by atoms with E-state index in [0.717, 1.165) is 6.07 Å². The maximum Gasteiger partial charge on any atom is 0.160 e. The Morgan fingerprint density at radius 1 is 1.11 bits per heavy atom. The minimum absolute atomic E-state index is 0.0647. The summed E-state index contributed by atoms with van der Waals surface area (Å²) in [6.07, 6.45) is 0. The molecule has 1 aliphatic carbocycles. The van der Waals surface area contributed by atoms with Crippen molar-refractivity contribution in [1.29, 1.82) is 0 Å². The van der Waals surface area contributed by atoms with Crippen molar-refractivity contribution >= 4 is 27.5 Å². The van der Waals surface area contributed by atoms with E-state index in [2.05, 4.69) is 43.6 Å². The molecule has 0 radical (unpaired) electrons. The fourth-order valence-corrected chi connectivity index (χ4v) is 5.01. The summed E-state index contributed by atoms with van der Waals surface area (Å²) in [4.78, 5) is -0.0647.